The number of aromatic carboxylic acids is 1. The van der Waals surface area contributed by atoms with Gasteiger partial charge in [-0.1, -0.05) is 18.2 Å². The zero-order valence-corrected chi connectivity index (χ0v) is 12.9. The van der Waals surface area contributed by atoms with Crippen LogP contribution in [0.2, 0.25) is 0 Å². The van der Waals surface area contributed by atoms with Crippen LogP contribution in [0.5, 0.6) is 0 Å². The molecule has 0 saturated carbocycles. The number of para-hydroxylation sites is 1. The smallest absolute Gasteiger partial charge is 0.545 e. The topological polar surface area (TPSA) is 65.9 Å². The van der Waals surface area contributed by atoms with Gasteiger partial charge in [0.25, 0.3) is 0 Å². The molecule has 3 rings (SSSR count). The summed E-state index contributed by atoms with van der Waals surface area (Å²) in [5.41, 5.74) is 2.21. The van der Waals surface area contributed by atoms with Gasteiger partial charge in [-0.2, -0.15) is 0 Å². The van der Waals surface area contributed by atoms with Crippen molar-refractivity contribution in [2.75, 3.05) is 0 Å². The van der Waals surface area contributed by atoms with Crippen molar-refractivity contribution in [2.24, 2.45) is 0 Å². The third-order valence-corrected chi connectivity index (χ3v) is 2.91. The Balaban J connectivity index is 0.00000147. The minimum absolute atomic E-state index is 0. The molecule has 0 N–H and O–H groups in total. The first-order valence-corrected chi connectivity index (χ1v) is 5.77. The Morgan fingerprint density at radius 1 is 1.05 bits per heavy atom. The predicted octanol–water partition coefficient (Wildman–Crippen LogP) is -1.34. The molecule has 2 heterocycles. The van der Waals surface area contributed by atoms with E-state index in [2.05, 4.69) is 9.97 Å². The molecule has 5 heteroatoms. The van der Waals surface area contributed by atoms with Crippen LogP contribution in [0.3, 0.4) is 0 Å². The normalized spacial score (nSPS) is 10.0. The van der Waals surface area contributed by atoms with Gasteiger partial charge in [0, 0.05) is 28.9 Å². The summed E-state index contributed by atoms with van der Waals surface area (Å²) in [6.07, 6.45) is 3.29. The second-order valence-corrected chi connectivity index (χ2v) is 4.10. The first-order valence-electron chi connectivity index (χ1n) is 5.77. The molecule has 0 aliphatic rings. The minimum Gasteiger partial charge on any atom is -0.545 e. The second-order valence-electron chi connectivity index (χ2n) is 4.10. The molecule has 0 spiro atoms. The molecule has 3 aromatic rings. The van der Waals surface area contributed by atoms with E-state index in [9.17, 15) is 9.90 Å². The van der Waals surface area contributed by atoms with Gasteiger partial charge < -0.3 is 9.90 Å². The van der Waals surface area contributed by atoms with E-state index in [1.54, 1.807) is 42.7 Å². The van der Waals surface area contributed by atoms with Gasteiger partial charge in [0.05, 0.1) is 17.2 Å². The summed E-state index contributed by atoms with van der Waals surface area (Å²) in [7, 11) is 0. The van der Waals surface area contributed by atoms with Gasteiger partial charge in [0.1, 0.15) is 0 Å². The number of carbonyl (C=O) groups is 1. The van der Waals surface area contributed by atoms with Crippen molar-refractivity contribution >= 4 is 16.9 Å². The molecule has 0 unspecified atom stereocenters. The molecular formula is C15H9N2NaO2. The van der Waals surface area contributed by atoms with E-state index in [1.165, 1.54) is 6.07 Å². The van der Waals surface area contributed by atoms with Crippen molar-refractivity contribution in [3.8, 4) is 11.3 Å². The van der Waals surface area contributed by atoms with E-state index in [4.69, 9.17) is 0 Å². The minimum atomic E-state index is -1.20. The quantitative estimate of drug-likeness (QED) is 0.542. The first kappa shape index (κ1) is 14.7. The fourth-order valence-electron chi connectivity index (χ4n) is 2.01. The Bertz CT molecular complexity index is 760. The van der Waals surface area contributed by atoms with Gasteiger partial charge in [-0.25, -0.2) is 4.98 Å². The number of pyridine rings is 2. The Kier molecular flexibility index (Phi) is 4.49. The van der Waals surface area contributed by atoms with Crippen molar-refractivity contribution in [1.29, 1.82) is 0 Å². The molecule has 4 nitrogen and oxygen atoms in total. The van der Waals surface area contributed by atoms with Crippen molar-refractivity contribution in [3.63, 3.8) is 0 Å². The van der Waals surface area contributed by atoms with Crippen LogP contribution in [0, 0.1) is 0 Å². The Labute approximate surface area is 137 Å². The summed E-state index contributed by atoms with van der Waals surface area (Å²) in [6.45, 7) is 0. The Hall–Kier alpha value is -1.75. The number of carboxylic acid groups (broad SMARTS) is 1. The van der Waals surface area contributed by atoms with Gasteiger partial charge in [-0.3, -0.25) is 4.98 Å². The molecule has 1 aromatic carbocycles. The molecule has 0 fully saturated rings. The first-order chi connectivity index (χ1) is 9.25. The molecule has 0 aliphatic heterocycles. The molecule has 0 aliphatic carbocycles. The molecule has 0 atom stereocenters. The third-order valence-electron chi connectivity index (χ3n) is 2.91. The number of rotatable bonds is 2. The van der Waals surface area contributed by atoms with Crippen LogP contribution in [-0.4, -0.2) is 15.9 Å². The second kappa shape index (κ2) is 6.13. The molecule has 0 saturated heterocycles. The van der Waals surface area contributed by atoms with E-state index >= 15 is 0 Å². The van der Waals surface area contributed by atoms with Crippen LogP contribution in [0.25, 0.3) is 22.2 Å². The fourth-order valence-corrected chi connectivity index (χ4v) is 2.01. The molecule has 0 bridgehead atoms. The van der Waals surface area contributed by atoms with Crippen LogP contribution < -0.4 is 34.7 Å². The predicted molar refractivity (Wildman–Crippen MR) is 69.3 cm³/mol. The number of fused-ring (bicyclic) bond motifs is 1. The van der Waals surface area contributed by atoms with E-state index in [-0.39, 0.29) is 35.1 Å². The maximum atomic E-state index is 11.2. The van der Waals surface area contributed by atoms with Crippen LogP contribution >= 0.6 is 0 Å². The SMILES string of the molecule is O=C([O-])c1cc(-c2ccncc2)nc2ccccc12.[Na+]. The van der Waals surface area contributed by atoms with Crippen LogP contribution in [-0.2, 0) is 0 Å². The summed E-state index contributed by atoms with van der Waals surface area (Å²) >= 11 is 0. The van der Waals surface area contributed by atoms with Gasteiger partial charge >= 0.3 is 29.6 Å². The zero-order chi connectivity index (χ0) is 13.2. The summed E-state index contributed by atoms with van der Waals surface area (Å²) in [5.74, 6) is -1.20. The number of carboxylic acids is 1. The average molecular weight is 272 g/mol. The molecule has 0 radical (unpaired) electrons. The number of aromatic nitrogens is 2. The zero-order valence-electron chi connectivity index (χ0n) is 10.9. The number of hydrogen-bond acceptors (Lipinski definition) is 4. The van der Waals surface area contributed by atoms with Crippen molar-refractivity contribution in [1.82, 2.24) is 9.97 Å². The molecule has 0 amide bonds. The standard InChI is InChI=1S/C15H10N2O2.Na/c18-15(19)12-9-14(10-5-7-16-8-6-10)17-13-4-2-1-3-11(12)13;/h1-9H,(H,18,19);/q;+1/p-1. The van der Waals surface area contributed by atoms with Gasteiger partial charge in [0.15, 0.2) is 0 Å². The number of nitrogens with zero attached hydrogens (tertiary/aromatic N) is 2. The number of benzene rings is 1. The van der Waals surface area contributed by atoms with E-state index in [0.717, 1.165) is 5.56 Å². The van der Waals surface area contributed by atoms with Crippen LogP contribution in [0.1, 0.15) is 10.4 Å². The summed E-state index contributed by atoms with van der Waals surface area (Å²) in [4.78, 5) is 19.7. The van der Waals surface area contributed by atoms with E-state index in [1.807, 2.05) is 6.07 Å². The van der Waals surface area contributed by atoms with E-state index in [0.29, 0.717) is 16.6 Å². The number of carbonyl (C=O) groups excluding carboxylic acids is 1. The van der Waals surface area contributed by atoms with E-state index < -0.39 is 5.97 Å². The average Bonchev–Trinajstić information content (AvgIpc) is 2.47. The summed E-state index contributed by atoms with van der Waals surface area (Å²) in [6, 6.07) is 12.2. The molecular weight excluding hydrogens is 263 g/mol. The Morgan fingerprint density at radius 2 is 1.75 bits per heavy atom. The van der Waals surface area contributed by atoms with Crippen molar-refractivity contribution in [3.05, 3.63) is 60.4 Å². The molecule has 2 aromatic heterocycles. The van der Waals surface area contributed by atoms with Crippen molar-refractivity contribution in [2.45, 2.75) is 0 Å². The molecule has 92 valence electrons. The monoisotopic (exact) mass is 272 g/mol. The largest absolute Gasteiger partial charge is 1.00 e. The van der Waals surface area contributed by atoms with Crippen LogP contribution in [0.15, 0.2) is 54.9 Å². The summed E-state index contributed by atoms with van der Waals surface area (Å²) in [5, 5.41) is 11.8. The molecule has 20 heavy (non-hydrogen) atoms. The van der Waals surface area contributed by atoms with Crippen molar-refractivity contribution < 1.29 is 39.5 Å². The third kappa shape index (κ3) is 2.72. The maximum absolute atomic E-state index is 11.2. The summed E-state index contributed by atoms with van der Waals surface area (Å²) < 4.78 is 0. The van der Waals surface area contributed by atoms with Crippen LogP contribution in [0.4, 0.5) is 0 Å². The number of hydrogen-bond donors (Lipinski definition) is 0. The van der Waals surface area contributed by atoms with Gasteiger partial charge in [-0.15, -0.1) is 0 Å². The van der Waals surface area contributed by atoms with Gasteiger partial charge in [-0.05, 0) is 24.3 Å². The maximum Gasteiger partial charge on any atom is 1.00 e. The Morgan fingerprint density at radius 3 is 2.45 bits per heavy atom. The van der Waals surface area contributed by atoms with Gasteiger partial charge in [0.2, 0.25) is 0 Å². The fraction of sp³-hybridized carbons (Fsp3) is 0.